The van der Waals surface area contributed by atoms with Crippen molar-refractivity contribution >= 4 is 57.0 Å². The molecule has 1 N–H and O–H groups in total. The van der Waals surface area contributed by atoms with Gasteiger partial charge in [0.05, 0.1) is 6.42 Å². The summed E-state index contributed by atoms with van der Waals surface area (Å²) in [5.74, 6) is -1.47. The maximum atomic E-state index is 14.0. The fourth-order valence-electron chi connectivity index (χ4n) is 2.87. The van der Waals surface area contributed by atoms with Gasteiger partial charge in [-0.2, -0.15) is 0 Å². The first-order valence-electron chi connectivity index (χ1n) is 8.74. The lowest BCUT2D eigenvalue weighted by molar-refractivity contribution is -0.115. The molecule has 3 aromatic rings. The highest BCUT2D eigenvalue weighted by Gasteiger charge is 2.27. The highest BCUT2D eigenvalue weighted by Crippen LogP contribution is 2.35. The molecular weight excluding hydrogens is 484 g/mol. The first-order valence-corrected chi connectivity index (χ1v) is 10.4. The van der Waals surface area contributed by atoms with Crippen LogP contribution in [-0.4, -0.2) is 10.5 Å². The van der Waals surface area contributed by atoms with Crippen molar-refractivity contribution in [2.24, 2.45) is 4.99 Å². The van der Waals surface area contributed by atoms with Crippen LogP contribution >= 0.6 is 39.7 Å². The number of halogens is 4. The first-order chi connectivity index (χ1) is 13.5. The van der Waals surface area contributed by atoms with Gasteiger partial charge in [0.1, 0.15) is 11.5 Å². The second-order valence-corrected chi connectivity index (χ2v) is 8.30. The lowest BCUT2D eigenvalue weighted by Gasteiger charge is -2.09. The topological polar surface area (TPSA) is 46.4 Å². The molecule has 0 radical (unpaired) electrons. The van der Waals surface area contributed by atoms with Gasteiger partial charge in [-0.15, -0.1) is 23.7 Å². The van der Waals surface area contributed by atoms with E-state index in [0.717, 1.165) is 34.8 Å². The van der Waals surface area contributed by atoms with Crippen LogP contribution < -0.4 is 10.1 Å². The number of hydrogen-bond donors (Lipinski definition) is 1. The molecule has 0 saturated heterocycles. The third kappa shape index (κ3) is 5.32. The third-order valence-electron chi connectivity index (χ3n) is 4.32. The van der Waals surface area contributed by atoms with Crippen LogP contribution in [0.15, 0.2) is 57.3 Å². The molecule has 0 bridgehead atoms. The highest BCUT2D eigenvalue weighted by molar-refractivity contribution is 9.10. The Morgan fingerprint density at radius 2 is 1.93 bits per heavy atom. The van der Waals surface area contributed by atoms with E-state index in [2.05, 4.69) is 26.2 Å². The Hall–Kier alpha value is -2.03. The van der Waals surface area contributed by atoms with Crippen molar-refractivity contribution in [1.29, 1.82) is 0 Å². The van der Waals surface area contributed by atoms with Gasteiger partial charge in [-0.25, -0.2) is 13.8 Å². The summed E-state index contributed by atoms with van der Waals surface area (Å²) in [5, 5.41) is 4.75. The second-order valence-electron chi connectivity index (χ2n) is 6.55. The minimum absolute atomic E-state index is 0. The Balaban J connectivity index is 0.00000240. The van der Waals surface area contributed by atoms with Gasteiger partial charge in [-0.1, -0.05) is 15.9 Å². The molecule has 1 aromatic heterocycles. The molecule has 0 aliphatic heterocycles. The van der Waals surface area contributed by atoms with E-state index in [1.165, 1.54) is 23.5 Å². The van der Waals surface area contributed by atoms with Crippen LogP contribution in [0.5, 0.6) is 0 Å². The van der Waals surface area contributed by atoms with Crippen molar-refractivity contribution in [2.75, 3.05) is 5.32 Å². The Labute approximate surface area is 184 Å². The highest BCUT2D eigenvalue weighted by atomic mass is 79.9. The molecule has 4 rings (SSSR count). The first kappa shape index (κ1) is 21.7. The van der Waals surface area contributed by atoms with E-state index in [0.29, 0.717) is 4.80 Å². The lowest BCUT2D eigenvalue weighted by Crippen LogP contribution is -2.21. The molecule has 2 aromatic carbocycles. The Morgan fingerprint density at radius 3 is 2.59 bits per heavy atom. The van der Waals surface area contributed by atoms with E-state index in [4.69, 9.17) is 0 Å². The molecule has 1 fully saturated rings. The van der Waals surface area contributed by atoms with E-state index >= 15 is 0 Å². The maximum Gasteiger partial charge on any atom is 0.230 e. The van der Waals surface area contributed by atoms with Crippen LogP contribution in [0.25, 0.3) is 0 Å². The predicted octanol–water partition coefficient (Wildman–Crippen LogP) is 5.76. The van der Waals surface area contributed by atoms with Crippen LogP contribution in [-0.2, 0) is 11.2 Å². The zero-order valence-corrected chi connectivity index (χ0v) is 18.3. The number of carbonyl (C=O) groups is 1. The van der Waals surface area contributed by atoms with Crippen LogP contribution in [0, 0.1) is 11.6 Å². The number of thiazole rings is 1. The molecule has 0 spiro atoms. The molecule has 29 heavy (non-hydrogen) atoms. The molecule has 1 aliphatic rings. The normalized spacial score (nSPS) is 13.8. The molecule has 1 saturated carbocycles. The van der Waals surface area contributed by atoms with Gasteiger partial charge in [0.2, 0.25) is 5.91 Å². The second kappa shape index (κ2) is 9.19. The van der Waals surface area contributed by atoms with E-state index in [1.807, 2.05) is 34.2 Å². The molecule has 1 amide bonds. The van der Waals surface area contributed by atoms with Gasteiger partial charge >= 0.3 is 0 Å². The van der Waals surface area contributed by atoms with Crippen LogP contribution in [0.1, 0.15) is 24.6 Å². The Morgan fingerprint density at radius 1 is 1.21 bits per heavy atom. The largest absolute Gasteiger partial charge is 0.326 e. The van der Waals surface area contributed by atoms with E-state index in [1.54, 1.807) is 0 Å². The summed E-state index contributed by atoms with van der Waals surface area (Å²) in [7, 11) is 0. The Kier molecular flexibility index (Phi) is 6.87. The quantitative estimate of drug-likeness (QED) is 0.476. The van der Waals surface area contributed by atoms with Crippen LogP contribution in [0.3, 0.4) is 0 Å². The zero-order chi connectivity index (χ0) is 19.7. The fourth-order valence-corrected chi connectivity index (χ4v) is 4.10. The van der Waals surface area contributed by atoms with E-state index < -0.39 is 11.6 Å². The predicted molar refractivity (Wildman–Crippen MR) is 116 cm³/mol. The number of amides is 1. The average molecular weight is 501 g/mol. The molecule has 0 unspecified atom stereocenters. The van der Waals surface area contributed by atoms with E-state index in [-0.39, 0.29) is 36.5 Å². The number of nitrogens with one attached hydrogen (secondary N) is 1. The summed E-state index contributed by atoms with van der Waals surface area (Å²) in [6, 6.07) is 11.0. The van der Waals surface area contributed by atoms with E-state index in [9.17, 15) is 13.6 Å². The summed E-state index contributed by atoms with van der Waals surface area (Å²) in [4.78, 5) is 17.4. The molecule has 4 nitrogen and oxygen atoms in total. The van der Waals surface area contributed by atoms with Crippen molar-refractivity contribution in [2.45, 2.75) is 25.3 Å². The standard InChI is InChI=1S/C20H16BrF2N3OS.ClH/c21-12-1-4-14(5-2-12)24-19(27)10-16-11-28-20(26(16)15-6-7-15)25-18-8-3-13(22)9-17(18)23;/h1-5,8-9,11,15H,6-7,10H2,(H,24,27);1H. The molecule has 1 aliphatic carbocycles. The summed E-state index contributed by atoms with van der Waals surface area (Å²) in [6.07, 6.45) is 2.19. The van der Waals surface area contributed by atoms with Crippen molar-refractivity contribution in [3.8, 4) is 0 Å². The SMILES string of the molecule is Cl.O=C(Cc1csc(=Nc2ccc(F)cc2F)n1C1CC1)Nc1ccc(Br)cc1. The number of nitrogens with zero attached hydrogens (tertiary/aromatic N) is 2. The summed E-state index contributed by atoms with van der Waals surface area (Å²) in [5.41, 5.74) is 1.64. The minimum Gasteiger partial charge on any atom is -0.326 e. The van der Waals surface area contributed by atoms with Crippen molar-refractivity contribution in [3.05, 3.63) is 74.4 Å². The third-order valence-corrected chi connectivity index (χ3v) is 5.74. The summed E-state index contributed by atoms with van der Waals surface area (Å²) >= 11 is 4.72. The smallest absolute Gasteiger partial charge is 0.230 e. The number of carbonyl (C=O) groups excluding carboxylic acids is 1. The van der Waals surface area contributed by atoms with Gasteiger partial charge in [0.25, 0.3) is 0 Å². The molecular formula is C20H17BrClF2N3OS. The van der Waals surface area contributed by atoms with Gasteiger partial charge in [-0.3, -0.25) is 4.79 Å². The van der Waals surface area contributed by atoms with Crippen LogP contribution in [0.4, 0.5) is 20.2 Å². The number of benzene rings is 2. The maximum absolute atomic E-state index is 14.0. The fraction of sp³-hybridized carbons (Fsp3) is 0.200. The molecule has 9 heteroatoms. The number of hydrogen-bond acceptors (Lipinski definition) is 3. The average Bonchev–Trinajstić information content (AvgIpc) is 3.42. The van der Waals surface area contributed by atoms with Crippen LogP contribution in [0.2, 0.25) is 0 Å². The van der Waals surface area contributed by atoms with Crippen molar-refractivity contribution < 1.29 is 13.6 Å². The molecule has 1 heterocycles. The lowest BCUT2D eigenvalue weighted by atomic mass is 10.2. The van der Waals surface area contributed by atoms with Gasteiger partial charge < -0.3 is 9.88 Å². The molecule has 152 valence electrons. The Bertz CT molecular complexity index is 1090. The van der Waals surface area contributed by atoms with Crippen molar-refractivity contribution in [1.82, 2.24) is 4.57 Å². The summed E-state index contributed by atoms with van der Waals surface area (Å²) in [6.45, 7) is 0. The van der Waals surface area contributed by atoms with Gasteiger partial charge in [0.15, 0.2) is 10.6 Å². The monoisotopic (exact) mass is 499 g/mol. The van der Waals surface area contributed by atoms with Gasteiger partial charge in [0, 0.05) is 33.3 Å². The molecule has 0 atom stereocenters. The van der Waals surface area contributed by atoms with Gasteiger partial charge in [-0.05, 0) is 49.2 Å². The number of rotatable bonds is 5. The van der Waals surface area contributed by atoms with Crippen molar-refractivity contribution in [3.63, 3.8) is 0 Å². The zero-order valence-electron chi connectivity index (χ0n) is 15.1. The number of anilines is 1. The minimum atomic E-state index is -0.703. The summed E-state index contributed by atoms with van der Waals surface area (Å²) < 4.78 is 30.0. The number of aromatic nitrogens is 1.